The Hall–Kier alpha value is -1.60. The monoisotopic (exact) mass is 271 g/mol. The number of benzene rings is 1. The number of carbonyl (C=O) groups is 1. The van der Waals surface area contributed by atoms with Gasteiger partial charge in [0.25, 0.3) is 0 Å². The molecule has 0 aromatic heterocycles. The van der Waals surface area contributed by atoms with Crippen molar-refractivity contribution in [3.05, 3.63) is 23.8 Å². The molecule has 0 unspecified atom stereocenters. The fraction of sp³-hybridized carbons (Fsp3) is 0.364. The Morgan fingerprint density at radius 3 is 2.56 bits per heavy atom. The fourth-order valence-corrected chi connectivity index (χ4v) is 2.99. The fourth-order valence-electron chi connectivity index (χ4n) is 1.55. The van der Waals surface area contributed by atoms with Gasteiger partial charge < -0.3 is 11.1 Å². The van der Waals surface area contributed by atoms with Gasteiger partial charge in [0.2, 0.25) is 15.9 Å². The summed E-state index contributed by atoms with van der Waals surface area (Å²) in [5.74, 6) is -0.381. The Morgan fingerprint density at radius 2 is 2.06 bits per heavy atom. The van der Waals surface area contributed by atoms with Crippen LogP contribution in [0.4, 0.5) is 5.69 Å². The maximum atomic E-state index is 12.3. The summed E-state index contributed by atoms with van der Waals surface area (Å²) in [6, 6.07) is 4.87. The zero-order chi connectivity index (χ0) is 13.9. The number of carbonyl (C=O) groups excluding carboxylic acids is 1. The highest BCUT2D eigenvalue weighted by atomic mass is 32.2. The molecule has 0 aliphatic carbocycles. The summed E-state index contributed by atoms with van der Waals surface area (Å²) in [6.45, 7) is 1.42. The number of nitrogens with two attached hydrogens (primary N) is 1. The molecule has 0 spiro atoms. The number of sulfonamides is 1. The van der Waals surface area contributed by atoms with Crippen LogP contribution >= 0.6 is 0 Å². The summed E-state index contributed by atoms with van der Waals surface area (Å²) < 4.78 is 25.6. The van der Waals surface area contributed by atoms with Crippen LogP contribution in [0, 0.1) is 6.92 Å². The second kappa shape index (κ2) is 5.36. The van der Waals surface area contributed by atoms with E-state index >= 15 is 0 Å². The zero-order valence-corrected chi connectivity index (χ0v) is 11.4. The molecule has 6 nitrogen and oxygen atoms in total. The Labute approximate surface area is 107 Å². The van der Waals surface area contributed by atoms with Crippen molar-refractivity contribution in [3.63, 3.8) is 0 Å². The molecule has 1 amide bonds. The first-order valence-corrected chi connectivity index (χ1v) is 6.76. The van der Waals surface area contributed by atoms with Crippen LogP contribution in [0.2, 0.25) is 0 Å². The van der Waals surface area contributed by atoms with Crippen LogP contribution < -0.4 is 11.1 Å². The summed E-state index contributed by atoms with van der Waals surface area (Å²) in [5, 5.41) is 2.37. The van der Waals surface area contributed by atoms with Gasteiger partial charge in [0, 0.05) is 14.1 Å². The molecule has 0 saturated heterocycles. The average molecular weight is 271 g/mol. The van der Waals surface area contributed by atoms with Crippen molar-refractivity contribution in [1.82, 2.24) is 9.62 Å². The van der Waals surface area contributed by atoms with Crippen LogP contribution in [0.3, 0.4) is 0 Å². The first-order chi connectivity index (χ1) is 8.30. The molecule has 0 bridgehead atoms. The lowest BCUT2D eigenvalue weighted by atomic mass is 10.2. The maximum absolute atomic E-state index is 12.3. The molecule has 0 aliphatic heterocycles. The van der Waals surface area contributed by atoms with Crippen molar-refractivity contribution in [2.24, 2.45) is 0 Å². The molecule has 0 atom stereocenters. The first kappa shape index (κ1) is 14.5. The minimum Gasteiger partial charge on any atom is -0.398 e. The molecular formula is C11H17N3O3S. The Kier molecular flexibility index (Phi) is 4.31. The third-order valence-electron chi connectivity index (χ3n) is 2.56. The lowest BCUT2D eigenvalue weighted by molar-refractivity contribution is -0.120. The highest BCUT2D eigenvalue weighted by Crippen LogP contribution is 2.24. The summed E-state index contributed by atoms with van der Waals surface area (Å²) in [4.78, 5) is 11.3. The molecule has 0 heterocycles. The molecule has 1 aromatic rings. The minimum atomic E-state index is -3.76. The number of hydrogen-bond acceptors (Lipinski definition) is 4. The van der Waals surface area contributed by atoms with E-state index in [1.54, 1.807) is 19.1 Å². The van der Waals surface area contributed by atoms with Gasteiger partial charge in [0.15, 0.2) is 0 Å². The molecule has 3 N–H and O–H groups in total. The number of amides is 1. The van der Waals surface area contributed by atoms with E-state index in [1.165, 1.54) is 20.2 Å². The van der Waals surface area contributed by atoms with Gasteiger partial charge in [0.1, 0.15) is 4.90 Å². The van der Waals surface area contributed by atoms with Crippen LogP contribution in [-0.4, -0.2) is 39.3 Å². The van der Waals surface area contributed by atoms with Gasteiger partial charge in [-0.05, 0) is 18.6 Å². The normalized spacial score (nSPS) is 11.6. The number of likely N-dealkylation sites (N-methyl/N-ethyl adjacent to an activating group) is 2. The van der Waals surface area contributed by atoms with E-state index in [0.717, 1.165) is 4.31 Å². The van der Waals surface area contributed by atoms with Crippen molar-refractivity contribution < 1.29 is 13.2 Å². The zero-order valence-electron chi connectivity index (χ0n) is 10.6. The average Bonchev–Trinajstić information content (AvgIpc) is 2.28. The predicted molar refractivity (Wildman–Crippen MR) is 69.5 cm³/mol. The van der Waals surface area contributed by atoms with Crippen LogP contribution in [-0.2, 0) is 14.8 Å². The molecule has 0 aliphatic rings. The van der Waals surface area contributed by atoms with Gasteiger partial charge in [-0.2, -0.15) is 4.31 Å². The van der Waals surface area contributed by atoms with E-state index in [9.17, 15) is 13.2 Å². The molecule has 0 saturated carbocycles. The lowest BCUT2D eigenvalue weighted by Gasteiger charge is -2.18. The van der Waals surface area contributed by atoms with Crippen molar-refractivity contribution in [2.45, 2.75) is 11.8 Å². The van der Waals surface area contributed by atoms with E-state index in [0.29, 0.717) is 5.56 Å². The molecule has 0 fully saturated rings. The highest BCUT2D eigenvalue weighted by molar-refractivity contribution is 7.89. The number of nitrogens with zero attached hydrogens (tertiary/aromatic N) is 1. The summed E-state index contributed by atoms with van der Waals surface area (Å²) >= 11 is 0. The maximum Gasteiger partial charge on any atom is 0.245 e. The topological polar surface area (TPSA) is 92.5 Å². The van der Waals surface area contributed by atoms with Gasteiger partial charge in [0.05, 0.1) is 12.2 Å². The minimum absolute atomic E-state index is 0.0522. The number of nitrogen functional groups attached to an aromatic ring is 1. The first-order valence-electron chi connectivity index (χ1n) is 5.32. The molecular weight excluding hydrogens is 254 g/mol. The van der Waals surface area contributed by atoms with E-state index < -0.39 is 10.0 Å². The summed E-state index contributed by atoms with van der Waals surface area (Å²) in [6.07, 6.45) is 0. The van der Waals surface area contributed by atoms with Gasteiger partial charge in [-0.25, -0.2) is 8.42 Å². The van der Waals surface area contributed by atoms with Crippen LogP contribution in [0.25, 0.3) is 0 Å². The number of anilines is 1. The molecule has 1 rings (SSSR count). The standard InChI is InChI=1S/C11H17N3O3S/c1-8-5-4-6-9(12)11(8)18(16,17)14(3)7-10(15)13-2/h4-6H,7,12H2,1-3H3,(H,13,15). The van der Waals surface area contributed by atoms with Gasteiger partial charge in [-0.1, -0.05) is 12.1 Å². The van der Waals surface area contributed by atoms with E-state index in [-0.39, 0.29) is 23.0 Å². The van der Waals surface area contributed by atoms with E-state index in [2.05, 4.69) is 5.32 Å². The quantitative estimate of drug-likeness (QED) is 0.751. The van der Waals surface area contributed by atoms with Crippen molar-refractivity contribution in [2.75, 3.05) is 26.4 Å². The Morgan fingerprint density at radius 1 is 1.44 bits per heavy atom. The number of aryl methyl sites for hydroxylation is 1. The second-order valence-electron chi connectivity index (χ2n) is 3.93. The van der Waals surface area contributed by atoms with Gasteiger partial charge in [-0.3, -0.25) is 4.79 Å². The smallest absolute Gasteiger partial charge is 0.245 e. The van der Waals surface area contributed by atoms with Crippen molar-refractivity contribution in [1.29, 1.82) is 0 Å². The highest BCUT2D eigenvalue weighted by Gasteiger charge is 2.26. The second-order valence-corrected chi connectivity index (χ2v) is 5.91. The lowest BCUT2D eigenvalue weighted by Crippen LogP contribution is -2.37. The van der Waals surface area contributed by atoms with Crippen LogP contribution in [0.15, 0.2) is 23.1 Å². The molecule has 18 heavy (non-hydrogen) atoms. The SMILES string of the molecule is CNC(=O)CN(C)S(=O)(=O)c1c(C)cccc1N. The molecule has 1 aromatic carbocycles. The molecule has 7 heteroatoms. The largest absolute Gasteiger partial charge is 0.398 e. The van der Waals surface area contributed by atoms with Crippen molar-refractivity contribution in [3.8, 4) is 0 Å². The van der Waals surface area contributed by atoms with Crippen LogP contribution in [0.1, 0.15) is 5.56 Å². The Bertz CT molecular complexity index is 534. The van der Waals surface area contributed by atoms with E-state index in [4.69, 9.17) is 5.73 Å². The summed E-state index contributed by atoms with van der Waals surface area (Å²) in [5.41, 5.74) is 6.44. The third-order valence-corrected chi connectivity index (χ3v) is 4.58. The third kappa shape index (κ3) is 2.80. The van der Waals surface area contributed by atoms with Gasteiger partial charge in [-0.15, -0.1) is 0 Å². The van der Waals surface area contributed by atoms with Crippen molar-refractivity contribution >= 4 is 21.6 Å². The Balaban J connectivity index is 3.18. The molecule has 100 valence electrons. The number of nitrogens with one attached hydrogen (secondary N) is 1. The van der Waals surface area contributed by atoms with Gasteiger partial charge >= 0.3 is 0 Å². The molecule has 0 radical (unpaired) electrons. The summed E-state index contributed by atoms with van der Waals surface area (Å²) in [7, 11) is -0.965. The number of hydrogen-bond donors (Lipinski definition) is 2. The predicted octanol–water partition coefficient (Wildman–Crippen LogP) is -0.0563. The van der Waals surface area contributed by atoms with E-state index in [1.807, 2.05) is 0 Å². The number of rotatable bonds is 4. The van der Waals surface area contributed by atoms with Crippen LogP contribution in [0.5, 0.6) is 0 Å².